The van der Waals surface area contributed by atoms with E-state index in [1.165, 1.54) is 36.4 Å². The van der Waals surface area contributed by atoms with Crippen LogP contribution in [0.2, 0.25) is 5.02 Å². The molecule has 3 aromatic carbocycles. The average molecular weight is 702 g/mol. The second-order valence-corrected chi connectivity index (χ2v) is 13.1. The Hall–Kier alpha value is -4.22. The van der Waals surface area contributed by atoms with Gasteiger partial charge in [0.15, 0.2) is 6.29 Å². The molecule has 0 unspecified atom stereocenters. The monoisotopic (exact) mass is 701 g/mol. The predicted octanol–water partition coefficient (Wildman–Crippen LogP) is 8.26. The number of hydrogen-bond donors (Lipinski definition) is 0. The molecule has 7 nitrogen and oxygen atoms in total. The van der Waals surface area contributed by atoms with Gasteiger partial charge in [0.25, 0.3) is 0 Å². The molecule has 0 N–H and O–H groups in total. The number of allylic oxidation sites excluding steroid dienone is 1. The molecule has 260 valence electrons. The minimum absolute atomic E-state index is 0.0341. The summed E-state index contributed by atoms with van der Waals surface area (Å²) in [6, 6.07) is 15.6. The number of anilines is 1. The maximum Gasteiger partial charge on any atom is 0.471 e. The number of carbonyl (C=O) groups excluding carboxylic acids is 3. The Kier molecular flexibility index (Phi) is 10.5. The SMILES string of the molecule is COC(=O)C1(N(C(=O)C(F)(F)F)c2cccc(Cl)c2)CCC2(CC1)C(C[C@@H](C)COCc1ccc(OC)cc1)=Cc1cc(F)c(C=O)cc12. The van der Waals surface area contributed by atoms with Crippen LogP contribution in [0.25, 0.3) is 6.08 Å². The minimum Gasteiger partial charge on any atom is -0.497 e. The van der Waals surface area contributed by atoms with E-state index in [1.807, 2.05) is 37.3 Å². The molecule has 1 fully saturated rings. The van der Waals surface area contributed by atoms with E-state index in [0.717, 1.165) is 24.0 Å². The summed E-state index contributed by atoms with van der Waals surface area (Å²) in [4.78, 5) is 39.0. The van der Waals surface area contributed by atoms with Crippen LogP contribution >= 0.6 is 11.6 Å². The fourth-order valence-corrected chi connectivity index (χ4v) is 7.39. The van der Waals surface area contributed by atoms with Crippen molar-refractivity contribution < 1.29 is 46.2 Å². The number of aldehydes is 1. The molecule has 2 aliphatic carbocycles. The molecule has 2 aliphatic rings. The Balaban J connectivity index is 1.48. The Morgan fingerprint density at radius 2 is 1.71 bits per heavy atom. The maximum absolute atomic E-state index is 14.9. The van der Waals surface area contributed by atoms with Gasteiger partial charge in [0.2, 0.25) is 0 Å². The summed E-state index contributed by atoms with van der Waals surface area (Å²) in [6.07, 6.45) is -2.79. The third-order valence-corrected chi connectivity index (χ3v) is 9.83. The Morgan fingerprint density at radius 3 is 2.31 bits per heavy atom. The lowest BCUT2D eigenvalue weighted by atomic mass is 9.60. The zero-order chi connectivity index (χ0) is 35.6. The zero-order valence-electron chi connectivity index (χ0n) is 27.2. The molecule has 49 heavy (non-hydrogen) atoms. The Labute approximate surface area is 286 Å². The molecule has 1 atom stereocenters. The second-order valence-electron chi connectivity index (χ2n) is 12.6. The quantitative estimate of drug-likeness (QED) is 0.114. The van der Waals surface area contributed by atoms with Crippen LogP contribution in [0.5, 0.6) is 5.75 Å². The van der Waals surface area contributed by atoms with Crippen LogP contribution in [-0.2, 0) is 31.1 Å². The summed E-state index contributed by atoms with van der Waals surface area (Å²) in [5.41, 5.74) is -0.220. The molecule has 0 bridgehead atoms. The summed E-state index contributed by atoms with van der Waals surface area (Å²) < 4.78 is 73.6. The van der Waals surface area contributed by atoms with Crippen LogP contribution in [0.1, 0.15) is 66.1 Å². The van der Waals surface area contributed by atoms with E-state index in [2.05, 4.69) is 0 Å². The van der Waals surface area contributed by atoms with E-state index in [4.69, 9.17) is 25.8 Å². The van der Waals surface area contributed by atoms with Crippen LogP contribution < -0.4 is 9.64 Å². The summed E-state index contributed by atoms with van der Waals surface area (Å²) in [5, 5.41) is 0.0753. The minimum atomic E-state index is -5.32. The molecule has 0 aromatic heterocycles. The van der Waals surface area contributed by atoms with Crippen molar-refractivity contribution in [3.63, 3.8) is 0 Å². The Bertz CT molecular complexity index is 1750. The normalized spacial score (nSPS) is 20.7. The van der Waals surface area contributed by atoms with Gasteiger partial charge in [-0.1, -0.05) is 48.4 Å². The van der Waals surface area contributed by atoms with Crippen LogP contribution in [-0.4, -0.2) is 50.7 Å². The molecule has 5 rings (SSSR count). The first-order valence-electron chi connectivity index (χ1n) is 15.7. The number of methoxy groups -OCH3 is 2. The number of carbonyl (C=O) groups is 3. The van der Waals surface area contributed by atoms with E-state index in [-0.39, 0.29) is 47.9 Å². The molecule has 1 spiro atoms. The third-order valence-electron chi connectivity index (χ3n) is 9.59. The van der Waals surface area contributed by atoms with Gasteiger partial charge in [0.05, 0.1) is 26.4 Å². The second kappa shape index (κ2) is 14.3. The van der Waals surface area contributed by atoms with Gasteiger partial charge in [-0.3, -0.25) is 14.5 Å². The van der Waals surface area contributed by atoms with E-state index >= 15 is 0 Å². The van der Waals surface area contributed by atoms with Crippen LogP contribution in [0, 0.1) is 11.7 Å². The van der Waals surface area contributed by atoms with Crippen LogP contribution in [0.4, 0.5) is 23.2 Å². The molecular formula is C37H36ClF4NO6. The van der Waals surface area contributed by atoms with Gasteiger partial charge in [0.1, 0.15) is 17.1 Å². The van der Waals surface area contributed by atoms with Gasteiger partial charge in [0, 0.05) is 22.7 Å². The molecule has 12 heteroatoms. The number of fused-ring (bicyclic) bond motifs is 2. The molecule has 0 radical (unpaired) electrons. The van der Waals surface area contributed by atoms with Gasteiger partial charge in [-0.15, -0.1) is 0 Å². The fourth-order valence-electron chi connectivity index (χ4n) is 7.21. The number of rotatable bonds is 11. The third kappa shape index (κ3) is 7.10. The van der Waals surface area contributed by atoms with E-state index in [9.17, 15) is 31.9 Å². The lowest BCUT2D eigenvalue weighted by Gasteiger charge is -2.50. The molecular weight excluding hydrogens is 666 g/mol. The van der Waals surface area contributed by atoms with Crippen molar-refractivity contribution in [2.75, 3.05) is 25.7 Å². The molecule has 1 saturated carbocycles. The smallest absolute Gasteiger partial charge is 0.471 e. The standard InChI is InChI=1S/C37H36ClF4NO6/c1-23(21-49-22-24-7-9-30(47-2)10-8-24)15-27-16-25-18-32(39)26(20-44)17-31(25)35(27)11-13-36(14-12-35,34(46)48-3)43(33(45)37(40,41)42)29-6-4-5-28(38)19-29/h4-10,16-20,23H,11-15,21-22H2,1-3H3/t23-,35?,36?/m1/s1. The molecule has 0 saturated heterocycles. The van der Waals surface area contributed by atoms with Crippen molar-refractivity contribution in [3.05, 3.63) is 99.3 Å². The van der Waals surface area contributed by atoms with Gasteiger partial charge in [-0.05, 0) is 97.2 Å². The van der Waals surface area contributed by atoms with Crippen molar-refractivity contribution in [3.8, 4) is 5.75 Å². The largest absolute Gasteiger partial charge is 0.497 e. The fraction of sp³-hybridized carbons (Fsp3) is 0.378. The lowest BCUT2D eigenvalue weighted by Crippen LogP contribution is -2.63. The van der Waals surface area contributed by atoms with Gasteiger partial charge >= 0.3 is 18.1 Å². The Morgan fingerprint density at radius 1 is 1.02 bits per heavy atom. The highest BCUT2D eigenvalue weighted by Crippen LogP contribution is 2.56. The lowest BCUT2D eigenvalue weighted by molar-refractivity contribution is -0.174. The van der Waals surface area contributed by atoms with Crippen molar-refractivity contribution in [2.24, 2.45) is 5.92 Å². The summed E-state index contributed by atoms with van der Waals surface area (Å²) in [6.45, 7) is 2.73. The van der Waals surface area contributed by atoms with Crippen LogP contribution in [0.15, 0.2) is 66.2 Å². The number of ether oxygens (including phenoxy) is 3. The number of hydrogen-bond acceptors (Lipinski definition) is 6. The molecule has 0 aliphatic heterocycles. The highest BCUT2D eigenvalue weighted by molar-refractivity contribution is 6.31. The topological polar surface area (TPSA) is 82.1 Å². The number of nitrogens with zero attached hydrogens (tertiary/aromatic N) is 1. The first-order chi connectivity index (χ1) is 23.3. The number of benzene rings is 3. The van der Waals surface area contributed by atoms with Gasteiger partial charge in [-0.2, -0.15) is 13.2 Å². The average Bonchev–Trinajstić information content (AvgIpc) is 3.35. The van der Waals surface area contributed by atoms with Crippen LogP contribution in [0.3, 0.4) is 0 Å². The molecule has 3 aromatic rings. The first-order valence-corrected chi connectivity index (χ1v) is 16.1. The van der Waals surface area contributed by atoms with Crippen molar-refractivity contribution >= 4 is 41.5 Å². The van der Waals surface area contributed by atoms with E-state index in [0.29, 0.717) is 41.9 Å². The van der Waals surface area contributed by atoms with Crippen molar-refractivity contribution in [1.82, 2.24) is 0 Å². The van der Waals surface area contributed by atoms with Gasteiger partial charge in [-0.25, -0.2) is 9.18 Å². The number of esters is 1. The molecule has 0 heterocycles. The predicted molar refractivity (Wildman–Crippen MR) is 176 cm³/mol. The van der Waals surface area contributed by atoms with E-state index in [1.54, 1.807) is 7.11 Å². The zero-order valence-corrected chi connectivity index (χ0v) is 28.0. The highest BCUT2D eigenvalue weighted by atomic mass is 35.5. The van der Waals surface area contributed by atoms with Crippen molar-refractivity contribution in [1.29, 1.82) is 0 Å². The summed E-state index contributed by atoms with van der Waals surface area (Å²) in [7, 11) is 2.65. The van der Waals surface area contributed by atoms with E-state index < -0.39 is 34.8 Å². The number of halogens is 5. The number of alkyl halides is 3. The number of amides is 1. The summed E-state index contributed by atoms with van der Waals surface area (Å²) >= 11 is 6.14. The first kappa shape index (κ1) is 36.1. The summed E-state index contributed by atoms with van der Waals surface area (Å²) in [5.74, 6) is -3.23. The maximum atomic E-state index is 14.9. The highest BCUT2D eigenvalue weighted by Gasteiger charge is 2.59. The van der Waals surface area contributed by atoms with Crippen molar-refractivity contribution in [2.45, 2.75) is 62.8 Å². The van der Waals surface area contributed by atoms with Gasteiger partial charge < -0.3 is 14.2 Å². The molecule has 1 amide bonds.